The number of alkyl halides is 1. The van der Waals surface area contributed by atoms with E-state index < -0.39 is 38.4 Å². The van der Waals surface area contributed by atoms with Gasteiger partial charge in [0.1, 0.15) is 24.6 Å². The summed E-state index contributed by atoms with van der Waals surface area (Å²) in [6.45, 7) is 8.41. The summed E-state index contributed by atoms with van der Waals surface area (Å²) in [5.41, 5.74) is 6.41. The molecule has 5 rings (SSSR count). The molecule has 1 fully saturated rings. The molecular weight excluding hydrogens is 604 g/mol. The maximum absolute atomic E-state index is 16.4. The quantitative estimate of drug-likeness (QED) is 0.137. The Hall–Kier alpha value is -3.84. The number of nitrogens with one attached hydrogen (secondary N) is 2. The molecule has 15 heteroatoms. The van der Waals surface area contributed by atoms with Gasteiger partial charge in [0.2, 0.25) is 11.8 Å². The minimum atomic E-state index is -4.41. The first kappa shape index (κ1) is 32.6. The van der Waals surface area contributed by atoms with Crippen molar-refractivity contribution in [3.8, 4) is 5.75 Å². The van der Waals surface area contributed by atoms with E-state index in [0.717, 1.165) is 5.39 Å². The van der Waals surface area contributed by atoms with Crippen molar-refractivity contribution in [3.05, 3.63) is 48.8 Å². The molecule has 242 valence electrons. The normalized spacial score (nSPS) is 22.3. The van der Waals surface area contributed by atoms with E-state index in [0.29, 0.717) is 22.4 Å². The van der Waals surface area contributed by atoms with Crippen molar-refractivity contribution < 1.29 is 32.3 Å². The molecule has 3 heterocycles. The number of nitrogen functional groups attached to an aromatic ring is 1. The molecule has 0 radical (unpaired) electrons. The second-order valence-corrected chi connectivity index (χ2v) is 14.1. The van der Waals surface area contributed by atoms with Gasteiger partial charge < -0.3 is 25.0 Å². The molecule has 0 aliphatic carbocycles. The van der Waals surface area contributed by atoms with Crippen LogP contribution in [0.4, 0.5) is 16.2 Å². The van der Waals surface area contributed by atoms with Gasteiger partial charge in [-0.2, -0.15) is 15.1 Å². The SMILES string of the molecule is CNc1nc(N)nc2c1ncn2[C@@H]1O[C@](F)(CO[P@@](=O)(N[C@H](C)C(=O)OCC(C)(C)C)Oc2cccc3ccccc23)C[C@@H]1C. The summed E-state index contributed by atoms with van der Waals surface area (Å²) in [5.74, 6) is -2.74. The molecule has 0 spiro atoms. The third-order valence-electron chi connectivity index (χ3n) is 7.17. The molecule has 13 nitrogen and oxygen atoms in total. The van der Waals surface area contributed by atoms with Gasteiger partial charge in [-0.1, -0.05) is 64.1 Å². The number of imidazole rings is 1. The number of anilines is 2. The van der Waals surface area contributed by atoms with Crippen LogP contribution >= 0.6 is 7.75 Å². The lowest BCUT2D eigenvalue weighted by molar-refractivity contribution is -0.173. The van der Waals surface area contributed by atoms with Gasteiger partial charge in [0.05, 0.1) is 12.9 Å². The number of ether oxygens (including phenoxy) is 2. The zero-order chi connectivity index (χ0) is 32.6. The Morgan fingerprint density at radius 1 is 1.24 bits per heavy atom. The number of aromatic nitrogens is 4. The first-order valence-corrected chi connectivity index (χ1v) is 16.1. The van der Waals surface area contributed by atoms with E-state index in [1.807, 2.05) is 45.0 Å². The molecule has 0 bridgehead atoms. The van der Waals surface area contributed by atoms with Crippen molar-refractivity contribution in [2.45, 2.75) is 59.2 Å². The van der Waals surface area contributed by atoms with E-state index in [4.69, 9.17) is 24.3 Å². The second-order valence-electron chi connectivity index (χ2n) is 12.4. The van der Waals surface area contributed by atoms with Crippen LogP contribution in [0.15, 0.2) is 48.8 Å². The number of esters is 1. The van der Waals surface area contributed by atoms with Gasteiger partial charge in [-0.3, -0.25) is 13.9 Å². The maximum Gasteiger partial charge on any atom is 0.459 e. The minimum Gasteiger partial charge on any atom is -0.464 e. The van der Waals surface area contributed by atoms with Gasteiger partial charge in [-0.15, -0.1) is 0 Å². The fourth-order valence-corrected chi connectivity index (χ4v) is 6.60. The van der Waals surface area contributed by atoms with Gasteiger partial charge in [-0.05, 0) is 23.8 Å². The van der Waals surface area contributed by atoms with E-state index in [2.05, 4.69) is 25.4 Å². The number of nitrogens with two attached hydrogens (primary N) is 1. The van der Waals surface area contributed by atoms with Crippen LogP contribution in [0.25, 0.3) is 21.9 Å². The van der Waals surface area contributed by atoms with Crippen molar-refractivity contribution in [1.82, 2.24) is 24.6 Å². The van der Waals surface area contributed by atoms with E-state index in [1.165, 1.54) is 13.3 Å². The molecule has 0 saturated carbocycles. The molecule has 4 N–H and O–H groups in total. The van der Waals surface area contributed by atoms with Crippen LogP contribution in [0.3, 0.4) is 0 Å². The third kappa shape index (κ3) is 7.36. The number of hydrogen-bond donors (Lipinski definition) is 3. The zero-order valence-electron chi connectivity index (χ0n) is 26.1. The fraction of sp³-hybridized carbons (Fsp3) is 0.467. The van der Waals surface area contributed by atoms with Gasteiger partial charge >= 0.3 is 13.7 Å². The molecule has 0 unspecified atom stereocenters. The molecule has 0 amide bonds. The summed E-state index contributed by atoms with van der Waals surface area (Å²) in [7, 11) is -2.73. The Kier molecular flexibility index (Phi) is 9.05. The molecule has 2 aromatic carbocycles. The van der Waals surface area contributed by atoms with Crippen LogP contribution < -0.4 is 20.7 Å². The predicted octanol–water partition coefficient (Wildman–Crippen LogP) is 5.60. The summed E-state index contributed by atoms with van der Waals surface area (Å²) < 4.78 is 55.2. The Morgan fingerprint density at radius 2 is 1.98 bits per heavy atom. The molecule has 1 saturated heterocycles. The minimum absolute atomic E-state index is 0.0156. The number of carbonyl (C=O) groups excluding carboxylic acids is 1. The monoisotopic (exact) mass is 643 g/mol. The van der Waals surface area contributed by atoms with E-state index in [9.17, 15) is 9.36 Å². The summed E-state index contributed by atoms with van der Waals surface area (Å²) in [5, 5.41) is 7.05. The molecule has 45 heavy (non-hydrogen) atoms. The van der Waals surface area contributed by atoms with E-state index in [1.54, 1.807) is 36.7 Å². The summed E-state index contributed by atoms with van der Waals surface area (Å²) >= 11 is 0. The highest BCUT2D eigenvalue weighted by molar-refractivity contribution is 7.52. The Bertz CT molecular complexity index is 1740. The summed E-state index contributed by atoms with van der Waals surface area (Å²) in [6, 6.07) is 11.5. The molecule has 1 aliphatic heterocycles. The Labute approximate surface area is 260 Å². The van der Waals surface area contributed by atoms with Crippen LogP contribution in [-0.4, -0.2) is 57.6 Å². The third-order valence-corrected chi connectivity index (χ3v) is 8.78. The van der Waals surface area contributed by atoms with Crippen LogP contribution in [0.5, 0.6) is 5.75 Å². The number of halogens is 1. The van der Waals surface area contributed by atoms with Crippen molar-refractivity contribution in [3.63, 3.8) is 0 Å². The van der Waals surface area contributed by atoms with Gasteiger partial charge in [-0.25, -0.2) is 13.9 Å². The Morgan fingerprint density at radius 3 is 2.71 bits per heavy atom. The van der Waals surface area contributed by atoms with Crippen LogP contribution in [-0.2, 0) is 23.4 Å². The standard InChI is InChI=1S/C30H39FN7O6P/c1-18-14-30(31,43-26(18)38-17-34-23-24(33-6)35-28(32)36-25(23)38)16-42-45(40,37-19(2)27(39)41-15-29(3,4)5)44-22-13-9-11-20-10-7-8-12-21(20)22/h7-13,17-19,26H,14-16H2,1-6H3,(H,37,40)(H3,32,33,35,36)/t18-,19+,26+,30-,45-/m0/s1. The summed E-state index contributed by atoms with van der Waals surface area (Å²) in [6.07, 6.45) is 0.544. The van der Waals surface area contributed by atoms with E-state index >= 15 is 4.39 Å². The predicted molar refractivity (Wildman–Crippen MR) is 168 cm³/mol. The highest BCUT2D eigenvalue weighted by Gasteiger charge is 2.49. The fourth-order valence-electron chi connectivity index (χ4n) is 5.06. The van der Waals surface area contributed by atoms with Gasteiger partial charge in [0, 0.05) is 24.8 Å². The van der Waals surface area contributed by atoms with Crippen LogP contribution in [0, 0.1) is 11.3 Å². The molecular formula is C30H39FN7O6P. The van der Waals surface area contributed by atoms with Crippen LogP contribution in [0.1, 0.15) is 47.3 Å². The average Bonchev–Trinajstić information content (AvgIpc) is 3.53. The molecule has 2 aromatic heterocycles. The second kappa shape index (κ2) is 12.5. The lowest BCUT2D eigenvalue weighted by atomic mass is 9.99. The van der Waals surface area contributed by atoms with Gasteiger partial charge in [0.15, 0.2) is 17.0 Å². The van der Waals surface area contributed by atoms with Crippen LogP contribution in [0.2, 0.25) is 0 Å². The van der Waals surface area contributed by atoms with Gasteiger partial charge in [0.25, 0.3) is 0 Å². The van der Waals surface area contributed by atoms with Crippen molar-refractivity contribution in [2.75, 3.05) is 31.3 Å². The summed E-state index contributed by atoms with van der Waals surface area (Å²) in [4.78, 5) is 25.6. The molecule has 5 atom stereocenters. The topological polar surface area (TPSA) is 165 Å². The largest absolute Gasteiger partial charge is 0.464 e. The van der Waals surface area contributed by atoms with E-state index in [-0.39, 0.29) is 36.1 Å². The Balaban J connectivity index is 1.38. The number of nitrogens with zero attached hydrogens (tertiary/aromatic N) is 4. The highest BCUT2D eigenvalue weighted by Crippen LogP contribution is 2.50. The van der Waals surface area contributed by atoms with Crippen molar-refractivity contribution in [1.29, 1.82) is 0 Å². The molecule has 4 aromatic rings. The average molecular weight is 644 g/mol. The highest BCUT2D eigenvalue weighted by atomic mass is 31.2. The lowest BCUT2D eigenvalue weighted by Crippen LogP contribution is -2.38. The number of hydrogen-bond acceptors (Lipinski definition) is 11. The first-order valence-electron chi connectivity index (χ1n) is 14.6. The molecule has 1 aliphatic rings. The number of carbonyl (C=O) groups is 1. The number of benzene rings is 2. The maximum atomic E-state index is 16.4. The number of rotatable bonds is 11. The lowest BCUT2D eigenvalue weighted by Gasteiger charge is -2.27. The van der Waals surface area contributed by atoms with Crippen molar-refractivity contribution in [2.24, 2.45) is 11.3 Å². The smallest absolute Gasteiger partial charge is 0.459 e. The van der Waals surface area contributed by atoms with Crippen molar-refractivity contribution >= 4 is 47.4 Å². The number of fused-ring (bicyclic) bond motifs is 2. The first-order chi connectivity index (χ1) is 21.2. The zero-order valence-corrected chi connectivity index (χ0v) is 27.0.